The van der Waals surface area contributed by atoms with Crippen LogP contribution in [0.2, 0.25) is 0 Å². The number of benzene rings is 2. The second kappa shape index (κ2) is 15.5. The molecule has 0 radical (unpaired) electrons. The molecule has 0 aromatic heterocycles. The maximum atomic E-state index is 13.0. The van der Waals surface area contributed by atoms with Crippen molar-refractivity contribution < 1.29 is 22.0 Å². The molecule has 1 aliphatic carbocycles. The molecule has 9 heteroatoms. The minimum Gasteiger partial charge on any atom is -0.402 e. The standard InChI is InChI=1S/C16H22F3N3.C9H11F2N.C2H6/c1-21-15(12-7-3-5-9-14(12)20)22-10-11-6-2-4-8-13(11)16(17,18)19;1-2-3-6-4-7(10)5-8(11)9(6)12;1-2/h2,4,6,8,15,21-22H,3,5,7,9-10,20H2,1H3;4-5H,2-3,12H2,1H3;1-2H3. The number of hydrogen-bond donors (Lipinski definition) is 4. The predicted octanol–water partition coefficient (Wildman–Crippen LogP) is 6.65. The van der Waals surface area contributed by atoms with Crippen LogP contribution in [0, 0.1) is 11.6 Å². The van der Waals surface area contributed by atoms with Crippen molar-refractivity contribution in [2.75, 3.05) is 12.8 Å². The van der Waals surface area contributed by atoms with Gasteiger partial charge in [-0.3, -0.25) is 5.32 Å². The number of likely N-dealkylation sites (N-methyl/N-ethyl adjacent to an activating group) is 1. The number of rotatable bonds is 7. The van der Waals surface area contributed by atoms with Crippen molar-refractivity contribution in [1.29, 1.82) is 0 Å². The number of nitrogens with two attached hydrogens (primary N) is 2. The van der Waals surface area contributed by atoms with E-state index in [4.69, 9.17) is 11.5 Å². The smallest absolute Gasteiger partial charge is 0.402 e. The molecular weight excluding hydrogens is 475 g/mol. The zero-order valence-electron chi connectivity index (χ0n) is 21.5. The van der Waals surface area contributed by atoms with E-state index in [2.05, 4.69) is 10.6 Å². The Hall–Kier alpha value is -2.65. The summed E-state index contributed by atoms with van der Waals surface area (Å²) in [6.07, 6.45) is 0.781. The first-order valence-electron chi connectivity index (χ1n) is 12.3. The molecule has 2 aromatic carbocycles. The largest absolute Gasteiger partial charge is 0.416 e. The Balaban J connectivity index is 0.000000391. The topological polar surface area (TPSA) is 76.1 Å². The van der Waals surface area contributed by atoms with Gasteiger partial charge in [0.25, 0.3) is 0 Å². The molecule has 0 fully saturated rings. The summed E-state index contributed by atoms with van der Waals surface area (Å²) in [6, 6.07) is 7.72. The summed E-state index contributed by atoms with van der Waals surface area (Å²) in [7, 11) is 1.78. The summed E-state index contributed by atoms with van der Waals surface area (Å²) in [5.74, 6) is -1.23. The number of halogens is 5. The SMILES string of the molecule is CC.CCCc1cc(F)cc(F)c1N.CNC(NCc1ccccc1C(F)(F)F)C1=C(N)CCCC1. The molecule has 2 aromatic rings. The lowest BCUT2D eigenvalue weighted by molar-refractivity contribution is -0.138. The third-order valence-electron chi connectivity index (χ3n) is 5.71. The molecule has 1 unspecified atom stereocenters. The molecule has 3 rings (SSSR count). The van der Waals surface area contributed by atoms with Crippen molar-refractivity contribution in [3.63, 3.8) is 0 Å². The fraction of sp³-hybridized carbons (Fsp3) is 0.481. The second-order valence-corrected chi connectivity index (χ2v) is 8.23. The number of anilines is 1. The quantitative estimate of drug-likeness (QED) is 0.190. The Bertz CT molecular complexity index is 973. The first-order valence-corrected chi connectivity index (χ1v) is 12.3. The van der Waals surface area contributed by atoms with E-state index in [0.717, 1.165) is 55.5 Å². The number of nitrogens with one attached hydrogen (secondary N) is 2. The molecule has 1 atom stereocenters. The lowest BCUT2D eigenvalue weighted by Crippen LogP contribution is -2.43. The molecule has 0 saturated carbocycles. The number of allylic oxidation sites excluding steroid dienone is 1. The summed E-state index contributed by atoms with van der Waals surface area (Å²) in [5.41, 5.74) is 13.6. The van der Waals surface area contributed by atoms with Crippen LogP contribution < -0.4 is 22.1 Å². The van der Waals surface area contributed by atoms with Gasteiger partial charge >= 0.3 is 6.18 Å². The third-order valence-corrected chi connectivity index (χ3v) is 5.71. The van der Waals surface area contributed by atoms with Crippen LogP contribution >= 0.6 is 0 Å². The van der Waals surface area contributed by atoms with Crippen molar-refractivity contribution in [2.45, 2.75) is 78.2 Å². The van der Waals surface area contributed by atoms with E-state index >= 15 is 0 Å². The van der Waals surface area contributed by atoms with E-state index in [9.17, 15) is 22.0 Å². The maximum absolute atomic E-state index is 13.0. The predicted molar refractivity (Wildman–Crippen MR) is 137 cm³/mol. The van der Waals surface area contributed by atoms with E-state index in [1.165, 1.54) is 18.2 Å². The van der Waals surface area contributed by atoms with Crippen LogP contribution in [-0.4, -0.2) is 13.2 Å². The highest BCUT2D eigenvalue weighted by Crippen LogP contribution is 2.32. The molecule has 0 amide bonds. The van der Waals surface area contributed by atoms with Crippen molar-refractivity contribution in [1.82, 2.24) is 10.6 Å². The summed E-state index contributed by atoms with van der Waals surface area (Å²) in [6.45, 7) is 6.07. The first-order chi connectivity index (χ1) is 17.1. The highest BCUT2D eigenvalue weighted by molar-refractivity contribution is 5.48. The summed E-state index contributed by atoms with van der Waals surface area (Å²) in [4.78, 5) is 0. The molecule has 0 aliphatic heterocycles. The highest BCUT2D eigenvalue weighted by Gasteiger charge is 2.33. The average Bonchev–Trinajstić information content (AvgIpc) is 2.85. The zero-order valence-corrected chi connectivity index (χ0v) is 21.5. The lowest BCUT2D eigenvalue weighted by Gasteiger charge is -2.27. The summed E-state index contributed by atoms with van der Waals surface area (Å²) in [5, 5.41) is 6.25. The zero-order chi connectivity index (χ0) is 27.3. The molecule has 1 aliphatic rings. The van der Waals surface area contributed by atoms with Crippen LogP contribution in [0.1, 0.15) is 69.6 Å². The molecule has 0 bridgehead atoms. The number of hydrogen-bond acceptors (Lipinski definition) is 4. The second-order valence-electron chi connectivity index (χ2n) is 8.23. The normalized spacial score (nSPS) is 14.4. The van der Waals surface area contributed by atoms with Gasteiger partial charge in [0.1, 0.15) is 11.6 Å². The molecule has 0 spiro atoms. The Morgan fingerprint density at radius 3 is 2.19 bits per heavy atom. The molecule has 0 heterocycles. The lowest BCUT2D eigenvalue weighted by atomic mass is 9.94. The average molecular weight is 515 g/mol. The highest BCUT2D eigenvalue weighted by atomic mass is 19.4. The van der Waals surface area contributed by atoms with Crippen LogP contribution in [0.4, 0.5) is 27.6 Å². The van der Waals surface area contributed by atoms with Gasteiger partial charge < -0.3 is 16.8 Å². The summed E-state index contributed by atoms with van der Waals surface area (Å²) >= 11 is 0. The van der Waals surface area contributed by atoms with E-state index in [1.807, 2.05) is 20.8 Å². The van der Waals surface area contributed by atoms with Gasteiger partial charge in [0, 0.05) is 18.3 Å². The van der Waals surface area contributed by atoms with Crippen molar-refractivity contribution in [3.05, 3.63) is 76.0 Å². The number of aryl methyl sites for hydroxylation is 1. The van der Waals surface area contributed by atoms with Crippen LogP contribution in [0.5, 0.6) is 0 Å². The van der Waals surface area contributed by atoms with Gasteiger partial charge in [0.05, 0.1) is 17.4 Å². The first kappa shape index (κ1) is 31.4. The molecule has 6 N–H and O–H groups in total. The minimum atomic E-state index is -4.34. The summed E-state index contributed by atoms with van der Waals surface area (Å²) < 4.78 is 64.4. The third kappa shape index (κ3) is 9.43. The van der Waals surface area contributed by atoms with Gasteiger partial charge in [0.15, 0.2) is 0 Å². The molecule has 4 nitrogen and oxygen atoms in total. The van der Waals surface area contributed by atoms with E-state index in [-0.39, 0.29) is 24.0 Å². The van der Waals surface area contributed by atoms with Gasteiger partial charge in [-0.2, -0.15) is 13.2 Å². The van der Waals surface area contributed by atoms with Crippen molar-refractivity contribution in [3.8, 4) is 0 Å². The molecule has 36 heavy (non-hydrogen) atoms. The molecule has 0 saturated heterocycles. The fourth-order valence-electron chi connectivity index (χ4n) is 3.96. The van der Waals surface area contributed by atoms with Crippen LogP contribution in [0.25, 0.3) is 0 Å². The molecular formula is C27H39F5N4. The van der Waals surface area contributed by atoms with Crippen LogP contribution in [0.15, 0.2) is 47.7 Å². The van der Waals surface area contributed by atoms with Gasteiger partial charge in [-0.15, -0.1) is 0 Å². The number of alkyl halides is 3. The van der Waals surface area contributed by atoms with Gasteiger partial charge in [-0.05, 0) is 68.0 Å². The van der Waals surface area contributed by atoms with E-state index < -0.39 is 23.4 Å². The number of nitrogen functional groups attached to an aromatic ring is 1. The Kier molecular flexibility index (Phi) is 13.5. The minimum absolute atomic E-state index is 0.0678. The van der Waals surface area contributed by atoms with E-state index in [0.29, 0.717) is 12.0 Å². The fourth-order valence-corrected chi connectivity index (χ4v) is 3.96. The Morgan fingerprint density at radius 2 is 1.61 bits per heavy atom. The maximum Gasteiger partial charge on any atom is 0.416 e. The van der Waals surface area contributed by atoms with Crippen molar-refractivity contribution >= 4 is 5.69 Å². The van der Waals surface area contributed by atoms with Gasteiger partial charge in [0.2, 0.25) is 0 Å². The monoisotopic (exact) mass is 514 g/mol. The van der Waals surface area contributed by atoms with Gasteiger partial charge in [-0.25, -0.2) is 8.78 Å². The van der Waals surface area contributed by atoms with E-state index in [1.54, 1.807) is 13.1 Å². The Labute approximate surface area is 211 Å². The molecule has 202 valence electrons. The Morgan fingerprint density at radius 1 is 0.972 bits per heavy atom. The van der Waals surface area contributed by atoms with Crippen LogP contribution in [-0.2, 0) is 19.1 Å². The van der Waals surface area contributed by atoms with Gasteiger partial charge in [-0.1, -0.05) is 45.4 Å². The van der Waals surface area contributed by atoms with Crippen molar-refractivity contribution in [2.24, 2.45) is 5.73 Å². The van der Waals surface area contributed by atoms with Crippen LogP contribution in [0.3, 0.4) is 0 Å².